The summed E-state index contributed by atoms with van der Waals surface area (Å²) in [6.07, 6.45) is 0.410. The van der Waals surface area contributed by atoms with E-state index in [-0.39, 0.29) is 12.7 Å². The molecule has 116 valence electrons. The monoisotopic (exact) mass is 309 g/mol. The summed E-state index contributed by atoms with van der Waals surface area (Å²) in [6, 6.07) is 11.3. The molecule has 0 bridgehead atoms. The van der Waals surface area contributed by atoms with Gasteiger partial charge >= 0.3 is 0 Å². The van der Waals surface area contributed by atoms with E-state index in [0.717, 1.165) is 28.4 Å². The summed E-state index contributed by atoms with van der Waals surface area (Å²) in [7, 11) is 0. The summed E-state index contributed by atoms with van der Waals surface area (Å²) in [6.45, 7) is 4.22. The van der Waals surface area contributed by atoms with Gasteiger partial charge in [-0.3, -0.25) is 4.79 Å². The number of anilines is 3. The maximum absolute atomic E-state index is 11.4. The summed E-state index contributed by atoms with van der Waals surface area (Å²) in [5.74, 6) is 2.10. The second kappa shape index (κ2) is 5.24. The average Bonchev–Trinajstić information content (AvgIpc) is 3.11. The Hall–Kier alpha value is -3.15. The third-order valence-electron chi connectivity index (χ3n) is 3.69. The van der Waals surface area contributed by atoms with E-state index in [2.05, 4.69) is 22.5 Å². The molecule has 0 fully saturated rings. The predicted molar refractivity (Wildman–Crippen MR) is 87.7 cm³/mol. The Morgan fingerprint density at radius 3 is 2.65 bits per heavy atom. The molecule has 0 aliphatic carbocycles. The molecule has 23 heavy (non-hydrogen) atoms. The highest BCUT2D eigenvalue weighted by Crippen LogP contribution is 2.34. The molecule has 0 saturated heterocycles. The van der Waals surface area contributed by atoms with E-state index in [4.69, 9.17) is 9.47 Å². The molecule has 0 saturated carbocycles. The van der Waals surface area contributed by atoms with Gasteiger partial charge < -0.3 is 25.4 Å². The van der Waals surface area contributed by atoms with Crippen molar-refractivity contribution in [3.05, 3.63) is 54.4 Å². The van der Waals surface area contributed by atoms with Gasteiger partial charge in [-0.25, -0.2) is 0 Å². The van der Waals surface area contributed by atoms with E-state index in [1.807, 2.05) is 36.4 Å². The number of fused-ring (bicyclic) bond motifs is 2. The first-order valence-corrected chi connectivity index (χ1v) is 7.23. The van der Waals surface area contributed by atoms with Gasteiger partial charge in [-0.2, -0.15) is 0 Å². The van der Waals surface area contributed by atoms with Crippen molar-refractivity contribution < 1.29 is 14.3 Å². The molecule has 2 aromatic carbocycles. The Kier molecular flexibility index (Phi) is 3.08. The van der Waals surface area contributed by atoms with Crippen molar-refractivity contribution in [1.82, 2.24) is 0 Å². The summed E-state index contributed by atoms with van der Waals surface area (Å²) in [4.78, 5) is 11.4. The van der Waals surface area contributed by atoms with Gasteiger partial charge in [0, 0.05) is 23.1 Å². The molecule has 1 amide bonds. The smallest absolute Gasteiger partial charge is 0.231 e. The zero-order chi connectivity index (χ0) is 15.8. The van der Waals surface area contributed by atoms with Crippen molar-refractivity contribution in [2.75, 3.05) is 22.7 Å². The van der Waals surface area contributed by atoms with Crippen LogP contribution in [0.4, 0.5) is 17.1 Å². The van der Waals surface area contributed by atoms with Crippen LogP contribution >= 0.6 is 0 Å². The van der Waals surface area contributed by atoms with Gasteiger partial charge in [0.15, 0.2) is 11.5 Å². The Bertz CT molecular complexity index is 817. The summed E-state index contributed by atoms with van der Waals surface area (Å²) >= 11 is 0. The van der Waals surface area contributed by atoms with Crippen LogP contribution in [0, 0.1) is 0 Å². The quantitative estimate of drug-likeness (QED) is 0.810. The molecule has 0 unspecified atom stereocenters. The molecule has 0 atom stereocenters. The maximum Gasteiger partial charge on any atom is 0.231 e. The minimum absolute atomic E-state index is 0.0226. The molecule has 2 heterocycles. The van der Waals surface area contributed by atoms with E-state index in [9.17, 15) is 4.79 Å². The topological polar surface area (TPSA) is 71.6 Å². The van der Waals surface area contributed by atoms with Crippen LogP contribution in [0.2, 0.25) is 0 Å². The number of carbonyl (C=O) groups is 1. The summed E-state index contributed by atoms with van der Waals surface area (Å²) in [5, 5.41) is 9.17. The van der Waals surface area contributed by atoms with Crippen LogP contribution in [-0.2, 0) is 11.2 Å². The van der Waals surface area contributed by atoms with Gasteiger partial charge in [0.25, 0.3) is 0 Å². The van der Waals surface area contributed by atoms with Gasteiger partial charge in [0.05, 0.1) is 6.42 Å². The minimum Gasteiger partial charge on any atom is -0.454 e. The lowest BCUT2D eigenvalue weighted by molar-refractivity contribution is -0.115. The zero-order valence-corrected chi connectivity index (χ0v) is 12.3. The van der Waals surface area contributed by atoms with E-state index in [1.165, 1.54) is 0 Å². The molecule has 6 nitrogen and oxygen atoms in total. The van der Waals surface area contributed by atoms with Crippen LogP contribution in [-0.4, -0.2) is 12.7 Å². The first-order chi connectivity index (χ1) is 11.2. The lowest BCUT2D eigenvalue weighted by Gasteiger charge is -2.13. The lowest BCUT2D eigenvalue weighted by atomic mass is 10.1. The Morgan fingerprint density at radius 2 is 1.78 bits per heavy atom. The SMILES string of the molecule is C=C(Nc1ccc2c(c1)CC(=O)N2)Nc1ccc2c(c1)OCO2. The average molecular weight is 309 g/mol. The number of hydrogen-bond donors (Lipinski definition) is 3. The van der Waals surface area contributed by atoms with Crippen molar-refractivity contribution in [2.45, 2.75) is 6.42 Å². The van der Waals surface area contributed by atoms with Crippen LogP contribution in [0.15, 0.2) is 48.8 Å². The Morgan fingerprint density at radius 1 is 1.04 bits per heavy atom. The molecule has 0 spiro atoms. The molecule has 0 aromatic heterocycles. The molecular formula is C17H15N3O3. The van der Waals surface area contributed by atoms with Gasteiger partial charge in [-0.1, -0.05) is 6.58 Å². The highest BCUT2D eigenvalue weighted by Gasteiger charge is 2.17. The second-order valence-corrected chi connectivity index (χ2v) is 5.39. The van der Waals surface area contributed by atoms with Crippen molar-refractivity contribution in [2.24, 2.45) is 0 Å². The second-order valence-electron chi connectivity index (χ2n) is 5.39. The number of ether oxygens (including phenoxy) is 2. The highest BCUT2D eigenvalue weighted by molar-refractivity contribution is 5.99. The Balaban J connectivity index is 1.44. The maximum atomic E-state index is 11.4. The van der Waals surface area contributed by atoms with E-state index in [1.54, 1.807) is 0 Å². The number of benzene rings is 2. The molecule has 4 rings (SSSR count). The lowest BCUT2D eigenvalue weighted by Crippen LogP contribution is -2.08. The van der Waals surface area contributed by atoms with Crippen LogP contribution in [0.5, 0.6) is 11.5 Å². The predicted octanol–water partition coefficient (Wildman–Crippen LogP) is 2.91. The highest BCUT2D eigenvalue weighted by atomic mass is 16.7. The van der Waals surface area contributed by atoms with Crippen LogP contribution in [0.3, 0.4) is 0 Å². The fourth-order valence-electron chi connectivity index (χ4n) is 2.66. The van der Waals surface area contributed by atoms with E-state index >= 15 is 0 Å². The number of amides is 1. The third kappa shape index (κ3) is 2.66. The largest absolute Gasteiger partial charge is 0.454 e. The summed E-state index contributed by atoms with van der Waals surface area (Å²) in [5.41, 5.74) is 3.58. The van der Waals surface area contributed by atoms with E-state index in [0.29, 0.717) is 18.0 Å². The first kappa shape index (κ1) is 13.5. The normalized spacial score (nSPS) is 14.2. The molecule has 2 aliphatic heterocycles. The van der Waals surface area contributed by atoms with Crippen molar-refractivity contribution in [1.29, 1.82) is 0 Å². The molecule has 2 aliphatic rings. The zero-order valence-electron chi connectivity index (χ0n) is 12.3. The van der Waals surface area contributed by atoms with E-state index < -0.39 is 0 Å². The van der Waals surface area contributed by atoms with Crippen LogP contribution in [0.1, 0.15) is 5.56 Å². The van der Waals surface area contributed by atoms with Gasteiger partial charge in [-0.05, 0) is 35.9 Å². The molecular weight excluding hydrogens is 294 g/mol. The van der Waals surface area contributed by atoms with Crippen LogP contribution in [0.25, 0.3) is 0 Å². The molecule has 0 radical (unpaired) electrons. The standard InChI is InChI=1S/C17H15N3O3/c1-10(19-13-3-5-15-16(8-13)23-9-22-15)18-12-2-4-14-11(6-12)7-17(21)20-14/h2-6,8,18-19H,1,7,9H2,(H,20,21). The van der Waals surface area contributed by atoms with Crippen molar-refractivity contribution >= 4 is 23.0 Å². The number of rotatable bonds is 4. The Labute approximate surface area is 133 Å². The number of nitrogens with one attached hydrogen (secondary N) is 3. The number of hydrogen-bond acceptors (Lipinski definition) is 5. The summed E-state index contributed by atoms with van der Waals surface area (Å²) < 4.78 is 10.6. The van der Waals surface area contributed by atoms with Gasteiger partial charge in [0.1, 0.15) is 5.82 Å². The molecule has 6 heteroatoms. The van der Waals surface area contributed by atoms with Gasteiger partial charge in [0.2, 0.25) is 12.7 Å². The van der Waals surface area contributed by atoms with Crippen molar-refractivity contribution in [3.8, 4) is 11.5 Å². The van der Waals surface area contributed by atoms with Gasteiger partial charge in [-0.15, -0.1) is 0 Å². The third-order valence-corrected chi connectivity index (χ3v) is 3.69. The number of carbonyl (C=O) groups excluding carboxylic acids is 1. The van der Waals surface area contributed by atoms with Crippen molar-refractivity contribution in [3.63, 3.8) is 0 Å². The fraction of sp³-hybridized carbons (Fsp3) is 0.118. The molecule has 3 N–H and O–H groups in total. The van der Waals surface area contributed by atoms with Crippen LogP contribution < -0.4 is 25.4 Å². The fourth-order valence-corrected chi connectivity index (χ4v) is 2.66. The molecule has 2 aromatic rings. The minimum atomic E-state index is 0.0226. The first-order valence-electron chi connectivity index (χ1n) is 7.23.